The number of likely N-dealkylation sites (N-methyl/N-ethyl adjacent to an activating group) is 1. The van der Waals surface area contributed by atoms with Crippen molar-refractivity contribution in [1.29, 1.82) is 0 Å². The Bertz CT molecular complexity index is 252. The summed E-state index contributed by atoms with van der Waals surface area (Å²) in [5.41, 5.74) is 5.63. The van der Waals surface area contributed by atoms with Crippen LogP contribution in [0.25, 0.3) is 0 Å². The zero-order valence-electron chi connectivity index (χ0n) is 14.1. The topological polar surface area (TPSA) is 58.4 Å². The zero-order valence-corrected chi connectivity index (χ0v) is 14.1. The number of nitrogens with two attached hydrogens (primary N) is 1. The summed E-state index contributed by atoms with van der Waals surface area (Å²) in [5.74, 6) is 1.33. The highest BCUT2D eigenvalue weighted by Gasteiger charge is 2.16. The summed E-state index contributed by atoms with van der Waals surface area (Å²) in [7, 11) is 0. The molecule has 4 heteroatoms. The average Bonchev–Trinajstić information content (AvgIpc) is 2.40. The molecule has 0 aliphatic heterocycles. The minimum atomic E-state index is 0.173. The van der Waals surface area contributed by atoms with Gasteiger partial charge in [-0.15, -0.1) is 0 Å². The van der Waals surface area contributed by atoms with Crippen LogP contribution in [0.4, 0.5) is 0 Å². The summed E-state index contributed by atoms with van der Waals surface area (Å²) in [6, 6.07) is 0.217. The number of rotatable bonds is 11. The maximum atomic E-state index is 12.0. The Balaban J connectivity index is 4.02. The molecule has 0 saturated heterocycles. The van der Waals surface area contributed by atoms with Gasteiger partial charge in [0.05, 0.1) is 0 Å². The van der Waals surface area contributed by atoms with E-state index in [9.17, 15) is 4.79 Å². The number of carbonyl (C=O) groups is 1. The van der Waals surface area contributed by atoms with E-state index in [1.54, 1.807) is 0 Å². The first-order valence-electron chi connectivity index (χ1n) is 8.16. The van der Waals surface area contributed by atoms with Gasteiger partial charge in [-0.25, -0.2) is 0 Å². The third kappa shape index (κ3) is 8.54. The molecule has 0 aliphatic carbocycles. The highest BCUT2D eigenvalue weighted by atomic mass is 16.1. The standard InChI is InChI=1S/C16H35N3O/c1-6-19(7-2)12-14(5)18-16(20)9-8-15(10-11-17)13(3)4/h13-15H,6-12,17H2,1-5H3,(H,18,20). The van der Waals surface area contributed by atoms with Gasteiger partial charge in [-0.05, 0) is 51.2 Å². The van der Waals surface area contributed by atoms with Crippen LogP contribution in [0.2, 0.25) is 0 Å². The fraction of sp³-hybridized carbons (Fsp3) is 0.938. The molecule has 0 rings (SSSR count). The lowest BCUT2D eigenvalue weighted by Gasteiger charge is -2.24. The van der Waals surface area contributed by atoms with Crippen LogP contribution in [0.5, 0.6) is 0 Å². The summed E-state index contributed by atoms with van der Waals surface area (Å²) >= 11 is 0. The second-order valence-corrected chi connectivity index (χ2v) is 6.07. The predicted molar refractivity (Wildman–Crippen MR) is 86.6 cm³/mol. The minimum Gasteiger partial charge on any atom is -0.352 e. The van der Waals surface area contributed by atoms with Crippen molar-refractivity contribution in [1.82, 2.24) is 10.2 Å². The molecule has 0 bridgehead atoms. The maximum Gasteiger partial charge on any atom is 0.220 e. The van der Waals surface area contributed by atoms with Gasteiger partial charge in [-0.1, -0.05) is 27.7 Å². The van der Waals surface area contributed by atoms with Gasteiger partial charge in [-0.3, -0.25) is 4.79 Å². The number of carbonyl (C=O) groups excluding carboxylic acids is 1. The Labute approximate surface area is 125 Å². The van der Waals surface area contributed by atoms with Crippen LogP contribution in [0.15, 0.2) is 0 Å². The van der Waals surface area contributed by atoms with E-state index in [0.717, 1.165) is 32.5 Å². The molecule has 0 aromatic heterocycles. The summed E-state index contributed by atoms with van der Waals surface area (Å²) < 4.78 is 0. The molecule has 1 amide bonds. The van der Waals surface area contributed by atoms with E-state index in [0.29, 0.717) is 24.8 Å². The number of amides is 1. The molecule has 0 saturated carbocycles. The Morgan fingerprint density at radius 1 is 1.15 bits per heavy atom. The van der Waals surface area contributed by atoms with Crippen molar-refractivity contribution < 1.29 is 4.79 Å². The van der Waals surface area contributed by atoms with Crippen LogP contribution in [0.3, 0.4) is 0 Å². The van der Waals surface area contributed by atoms with Crippen LogP contribution >= 0.6 is 0 Å². The SMILES string of the molecule is CCN(CC)CC(C)NC(=O)CCC(CCN)C(C)C. The second-order valence-electron chi connectivity index (χ2n) is 6.07. The molecule has 3 N–H and O–H groups in total. The Kier molecular flexibility index (Phi) is 10.8. The highest BCUT2D eigenvalue weighted by molar-refractivity contribution is 5.76. The van der Waals surface area contributed by atoms with E-state index in [1.807, 2.05) is 0 Å². The molecule has 120 valence electrons. The molecule has 0 spiro atoms. The van der Waals surface area contributed by atoms with E-state index < -0.39 is 0 Å². The van der Waals surface area contributed by atoms with Gasteiger partial charge in [0.15, 0.2) is 0 Å². The fourth-order valence-corrected chi connectivity index (χ4v) is 2.60. The third-order valence-electron chi connectivity index (χ3n) is 4.06. The van der Waals surface area contributed by atoms with Crippen molar-refractivity contribution in [2.24, 2.45) is 17.6 Å². The lowest BCUT2D eigenvalue weighted by atomic mass is 9.88. The lowest BCUT2D eigenvalue weighted by molar-refractivity contribution is -0.122. The number of nitrogens with zero attached hydrogens (tertiary/aromatic N) is 1. The Morgan fingerprint density at radius 3 is 2.20 bits per heavy atom. The highest BCUT2D eigenvalue weighted by Crippen LogP contribution is 2.20. The van der Waals surface area contributed by atoms with Crippen LogP contribution in [-0.4, -0.2) is 43.0 Å². The molecule has 0 radical (unpaired) electrons. The van der Waals surface area contributed by atoms with Crippen LogP contribution < -0.4 is 11.1 Å². The summed E-state index contributed by atoms with van der Waals surface area (Å²) in [6.07, 6.45) is 2.57. The number of hydrogen-bond acceptors (Lipinski definition) is 3. The van der Waals surface area contributed by atoms with Crippen molar-refractivity contribution in [3.8, 4) is 0 Å². The van der Waals surface area contributed by atoms with Gasteiger partial charge in [0.25, 0.3) is 0 Å². The van der Waals surface area contributed by atoms with Crippen molar-refractivity contribution in [2.45, 2.75) is 59.9 Å². The van der Waals surface area contributed by atoms with Gasteiger partial charge in [-0.2, -0.15) is 0 Å². The smallest absolute Gasteiger partial charge is 0.220 e. The minimum absolute atomic E-state index is 0.173. The summed E-state index contributed by atoms with van der Waals surface area (Å²) in [5, 5.41) is 3.10. The number of nitrogens with one attached hydrogen (secondary N) is 1. The molecule has 0 aromatic carbocycles. The lowest BCUT2D eigenvalue weighted by Crippen LogP contribution is -2.42. The average molecular weight is 285 g/mol. The Morgan fingerprint density at radius 2 is 1.75 bits per heavy atom. The first kappa shape index (κ1) is 19.4. The molecule has 0 aliphatic rings. The van der Waals surface area contributed by atoms with Crippen LogP contribution in [0, 0.1) is 11.8 Å². The Hall–Kier alpha value is -0.610. The molecule has 0 heterocycles. The van der Waals surface area contributed by atoms with Crippen molar-refractivity contribution >= 4 is 5.91 Å². The van der Waals surface area contributed by atoms with Crippen molar-refractivity contribution in [3.05, 3.63) is 0 Å². The van der Waals surface area contributed by atoms with Crippen LogP contribution in [0.1, 0.15) is 53.9 Å². The van der Waals surface area contributed by atoms with E-state index >= 15 is 0 Å². The van der Waals surface area contributed by atoms with E-state index in [-0.39, 0.29) is 11.9 Å². The predicted octanol–water partition coefficient (Wildman–Crippen LogP) is 2.23. The molecule has 20 heavy (non-hydrogen) atoms. The number of hydrogen-bond donors (Lipinski definition) is 2. The van der Waals surface area contributed by atoms with Gasteiger partial charge >= 0.3 is 0 Å². The van der Waals surface area contributed by atoms with E-state index in [4.69, 9.17) is 5.73 Å². The van der Waals surface area contributed by atoms with Crippen molar-refractivity contribution in [3.63, 3.8) is 0 Å². The quantitative estimate of drug-likeness (QED) is 0.612. The monoisotopic (exact) mass is 285 g/mol. The first-order chi connectivity index (χ1) is 9.44. The van der Waals surface area contributed by atoms with Gasteiger partial charge in [0, 0.05) is 19.0 Å². The van der Waals surface area contributed by atoms with E-state index in [1.165, 1.54) is 0 Å². The molecular formula is C16H35N3O. The molecule has 0 aromatic rings. The molecular weight excluding hydrogens is 250 g/mol. The maximum absolute atomic E-state index is 12.0. The third-order valence-corrected chi connectivity index (χ3v) is 4.06. The molecule has 0 fully saturated rings. The van der Waals surface area contributed by atoms with Gasteiger partial charge in [0.2, 0.25) is 5.91 Å². The second kappa shape index (κ2) is 11.1. The first-order valence-corrected chi connectivity index (χ1v) is 8.16. The van der Waals surface area contributed by atoms with Crippen LogP contribution in [-0.2, 0) is 4.79 Å². The van der Waals surface area contributed by atoms with Gasteiger partial charge in [0.1, 0.15) is 0 Å². The summed E-state index contributed by atoms with van der Waals surface area (Å²) in [4.78, 5) is 14.3. The fourth-order valence-electron chi connectivity index (χ4n) is 2.60. The molecule has 2 atom stereocenters. The van der Waals surface area contributed by atoms with Gasteiger partial charge < -0.3 is 16.0 Å². The molecule has 2 unspecified atom stereocenters. The largest absolute Gasteiger partial charge is 0.352 e. The zero-order chi connectivity index (χ0) is 15.5. The summed E-state index contributed by atoms with van der Waals surface area (Å²) in [6.45, 7) is 14.5. The van der Waals surface area contributed by atoms with E-state index in [2.05, 4.69) is 44.8 Å². The molecule has 4 nitrogen and oxygen atoms in total. The normalized spacial score (nSPS) is 14.6. The van der Waals surface area contributed by atoms with Crippen molar-refractivity contribution in [2.75, 3.05) is 26.2 Å².